The molecule has 0 aromatic heterocycles. The van der Waals surface area contributed by atoms with E-state index in [9.17, 15) is 18.8 Å². The highest BCUT2D eigenvalue weighted by atomic mass is 19.1. The van der Waals surface area contributed by atoms with Crippen LogP contribution in [0.25, 0.3) is 23.3 Å². The first-order valence-corrected chi connectivity index (χ1v) is 13.4. The SMILES string of the molecule is C=CC(=O)Oc1ccc(/C=C/c2ccc(-c3ccc(OC(=O)C(=C)CC(=O)OC4CCCCC4)cc3)cc2F)cc1. The fourth-order valence-electron chi connectivity index (χ4n) is 4.38. The first-order valence-electron chi connectivity index (χ1n) is 13.4. The van der Waals surface area contributed by atoms with Gasteiger partial charge in [0, 0.05) is 17.2 Å². The fraction of sp³-hybridized carbons (Fsp3) is 0.206. The molecule has 0 atom stereocenters. The van der Waals surface area contributed by atoms with E-state index in [0.717, 1.165) is 49.3 Å². The molecule has 6 nitrogen and oxygen atoms in total. The number of halogens is 1. The van der Waals surface area contributed by atoms with E-state index in [2.05, 4.69) is 13.2 Å². The lowest BCUT2D eigenvalue weighted by Gasteiger charge is -2.21. The third-order valence-corrected chi connectivity index (χ3v) is 6.62. The van der Waals surface area contributed by atoms with Crippen LogP contribution in [0.4, 0.5) is 4.39 Å². The zero-order chi connectivity index (χ0) is 29.2. The predicted octanol–water partition coefficient (Wildman–Crippen LogP) is 7.48. The molecule has 3 aromatic carbocycles. The molecule has 1 fully saturated rings. The second kappa shape index (κ2) is 14.0. The Morgan fingerprint density at radius 3 is 2.12 bits per heavy atom. The molecule has 0 aliphatic heterocycles. The maximum atomic E-state index is 14.8. The van der Waals surface area contributed by atoms with Crippen LogP contribution in [-0.4, -0.2) is 24.0 Å². The molecule has 1 aliphatic carbocycles. The normalized spacial score (nSPS) is 13.4. The lowest BCUT2D eigenvalue weighted by Crippen LogP contribution is -2.22. The maximum Gasteiger partial charge on any atom is 0.339 e. The molecular weight excluding hydrogens is 523 g/mol. The number of hydrogen-bond acceptors (Lipinski definition) is 6. The number of carbonyl (C=O) groups is 3. The van der Waals surface area contributed by atoms with Crippen molar-refractivity contribution in [2.24, 2.45) is 0 Å². The number of carbonyl (C=O) groups excluding carboxylic acids is 3. The molecule has 4 rings (SSSR count). The Hall–Kier alpha value is -4.78. The van der Waals surface area contributed by atoms with Crippen LogP contribution in [0.15, 0.2) is 91.5 Å². The summed E-state index contributed by atoms with van der Waals surface area (Å²) in [5.41, 5.74) is 2.62. The van der Waals surface area contributed by atoms with Crippen LogP contribution in [0.1, 0.15) is 49.7 Å². The Labute approximate surface area is 238 Å². The van der Waals surface area contributed by atoms with Crippen LogP contribution in [0.5, 0.6) is 11.5 Å². The van der Waals surface area contributed by atoms with E-state index in [0.29, 0.717) is 16.9 Å². The Bertz CT molecular complexity index is 1450. The van der Waals surface area contributed by atoms with E-state index in [1.807, 2.05) is 0 Å². The molecule has 0 radical (unpaired) electrons. The highest BCUT2D eigenvalue weighted by molar-refractivity contribution is 5.94. The third kappa shape index (κ3) is 8.60. The van der Waals surface area contributed by atoms with Crippen molar-refractivity contribution < 1.29 is 33.0 Å². The molecule has 1 aliphatic rings. The quantitative estimate of drug-likeness (QED) is 0.112. The van der Waals surface area contributed by atoms with Gasteiger partial charge in [-0.05, 0) is 72.7 Å². The minimum atomic E-state index is -0.701. The van der Waals surface area contributed by atoms with Crippen LogP contribution in [0.2, 0.25) is 0 Å². The Kier molecular flexibility index (Phi) is 9.99. The van der Waals surface area contributed by atoms with E-state index in [1.165, 1.54) is 6.07 Å². The van der Waals surface area contributed by atoms with Crippen LogP contribution < -0.4 is 9.47 Å². The largest absolute Gasteiger partial charge is 0.462 e. The van der Waals surface area contributed by atoms with Crippen molar-refractivity contribution in [3.63, 3.8) is 0 Å². The molecule has 0 amide bonds. The van der Waals surface area contributed by atoms with Crippen LogP contribution >= 0.6 is 0 Å². The lowest BCUT2D eigenvalue weighted by atomic mass is 9.98. The van der Waals surface area contributed by atoms with E-state index in [1.54, 1.807) is 72.8 Å². The molecule has 41 heavy (non-hydrogen) atoms. The summed E-state index contributed by atoms with van der Waals surface area (Å²) < 4.78 is 30.7. The van der Waals surface area contributed by atoms with Gasteiger partial charge in [-0.25, -0.2) is 14.0 Å². The summed E-state index contributed by atoms with van der Waals surface area (Å²) in [6.45, 7) is 7.03. The first-order chi connectivity index (χ1) is 19.8. The number of hydrogen-bond donors (Lipinski definition) is 0. The van der Waals surface area contributed by atoms with Crippen molar-refractivity contribution in [2.75, 3.05) is 0 Å². The predicted molar refractivity (Wildman–Crippen MR) is 155 cm³/mol. The van der Waals surface area contributed by atoms with Gasteiger partial charge in [0.15, 0.2) is 0 Å². The Balaban J connectivity index is 1.31. The summed E-state index contributed by atoms with van der Waals surface area (Å²) in [5, 5.41) is 0. The molecular formula is C34H31FO6. The second-order valence-corrected chi connectivity index (χ2v) is 9.71. The molecule has 0 bridgehead atoms. The van der Waals surface area contributed by atoms with Crippen molar-refractivity contribution in [2.45, 2.75) is 44.6 Å². The molecule has 7 heteroatoms. The third-order valence-electron chi connectivity index (χ3n) is 6.62. The molecule has 3 aromatic rings. The van der Waals surface area contributed by atoms with Gasteiger partial charge in [0.05, 0.1) is 6.42 Å². The number of rotatable bonds is 10. The number of ether oxygens (including phenoxy) is 3. The van der Waals surface area contributed by atoms with Crippen LogP contribution in [-0.2, 0) is 19.1 Å². The fourth-order valence-corrected chi connectivity index (χ4v) is 4.38. The summed E-state index contributed by atoms with van der Waals surface area (Å²) in [4.78, 5) is 35.8. The van der Waals surface area contributed by atoms with E-state index in [4.69, 9.17) is 14.2 Å². The topological polar surface area (TPSA) is 78.9 Å². The lowest BCUT2D eigenvalue weighted by molar-refractivity contribution is -0.150. The summed E-state index contributed by atoms with van der Waals surface area (Å²) >= 11 is 0. The highest BCUT2D eigenvalue weighted by Gasteiger charge is 2.20. The molecule has 0 saturated heterocycles. The van der Waals surface area contributed by atoms with Crippen LogP contribution in [0.3, 0.4) is 0 Å². The maximum absolute atomic E-state index is 14.8. The standard InChI is InChI=1S/C34H31FO6/c1-3-32(36)39-29-17-10-24(11-18-29)9-12-26-13-14-27(22-31(26)35)25-15-19-30(20-16-25)41-34(38)23(2)21-33(37)40-28-7-5-4-6-8-28/h3,9-20,22,28H,1-2,4-8,21H2/b12-9+. The summed E-state index contributed by atoms with van der Waals surface area (Å²) in [6, 6.07) is 18.3. The Morgan fingerprint density at radius 1 is 0.829 bits per heavy atom. The summed E-state index contributed by atoms with van der Waals surface area (Å²) in [6.07, 6.45) is 9.13. The Morgan fingerprint density at radius 2 is 1.46 bits per heavy atom. The molecule has 0 spiro atoms. The average molecular weight is 555 g/mol. The van der Waals surface area contributed by atoms with Crippen LogP contribution in [0, 0.1) is 5.82 Å². The minimum absolute atomic E-state index is 0.0210. The second-order valence-electron chi connectivity index (χ2n) is 9.71. The zero-order valence-electron chi connectivity index (χ0n) is 22.6. The average Bonchev–Trinajstić information content (AvgIpc) is 2.98. The van der Waals surface area contributed by atoms with Gasteiger partial charge in [-0.15, -0.1) is 0 Å². The number of benzene rings is 3. The molecule has 1 saturated carbocycles. The highest BCUT2D eigenvalue weighted by Crippen LogP contribution is 2.26. The van der Waals surface area contributed by atoms with Gasteiger partial charge < -0.3 is 14.2 Å². The first kappa shape index (κ1) is 29.2. The van der Waals surface area contributed by atoms with Crippen molar-refractivity contribution in [1.29, 1.82) is 0 Å². The molecule has 0 N–H and O–H groups in total. The van der Waals surface area contributed by atoms with E-state index < -0.39 is 23.7 Å². The van der Waals surface area contributed by atoms with Gasteiger partial charge in [0.2, 0.25) is 0 Å². The summed E-state index contributed by atoms with van der Waals surface area (Å²) in [5.74, 6) is -1.44. The van der Waals surface area contributed by atoms with Crippen molar-refractivity contribution >= 4 is 30.1 Å². The van der Waals surface area contributed by atoms with Crippen molar-refractivity contribution in [1.82, 2.24) is 0 Å². The smallest absolute Gasteiger partial charge is 0.339 e. The van der Waals surface area contributed by atoms with Gasteiger partial charge in [0.25, 0.3) is 0 Å². The van der Waals surface area contributed by atoms with Crippen molar-refractivity contribution in [3.05, 3.63) is 108 Å². The zero-order valence-corrected chi connectivity index (χ0v) is 22.6. The van der Waals surface area contributed by atoms with Crippen molar-refractivity contribution in [3.8, 4) is 22.6 Å². The van der Waals surface area contributed by atoms with Gasteiger partial charge in [-0.3, -0.25) is 4.79 Å². The monoisotopic (exact) mass is 554 g/mol. The molecule has 0 heterocycles. The van der Waals surface area contributed by atoms with E-state index in [-0.39, 0.29) is 23.8 Å². The summed E-state index contributed by atoms with van der Waals surface area (Å²) in [7, 11) is 0. The number of esters is 3. The van der Waals surface area contributed by atoms with Gasteiger partial charge >= 0.3 is 17.9 Å². The minimum Gasteiger partial charge on any atom is -0.462 e. The van der Waals surface area contributed by atoms with Gasteiger partial charge in [0.1, 0.15) is 23.4 Å². The molecule has 210 valence electrons. The van der Waals surface area contributed by atoms with E-state index >= 15 is 0 Å². The van der Waals surface area contributed by atoms with Gasteiger partial charge in [-0.1, -0.05) is 68.1 Å². The van der Waals surface area contributed by atoms with Gasteiger partial charge in [-0.2, -0.15) is 0 Å². The molecule has 0 unspecified atom stereocenters.